The molecule has 0 atom stereocenters. The molecule has 0 aliphatic carbocycles. The maximum atomic E-state index is 11.8. The lowest BCUT2D eigenvalue weighted by atomic mass is 10.1. The van der Waals surface area contributed by atoms with E-state index in [0.29, 0.717) is 12.1 Å². The van der Waals surface area contributed by atoms with E-state index in [-0.39, 0.29) is 11.5 Å². The Bertz CT molecular complexity index is 444. The average molecular weight is 263 g/mol. The van der Waals surface area contributed by atoms with Crippen molar-refractivity contribution in [2.75, 3.05) is 26.2 Å². The van der Waals surface area contributed by atoms with Gasteiger partial charge >= 0.3 is 0 Å². The minimum absolute atomic E-state index is 0.130. The number of carbonyl (C=O) groups excluding carboxylic acids is 1. The maximum absolute atomic E-state index is 11.8. The molecule has 104 valence electrons. The Morgan fingerprint density at radius 2 is 2.05 bits per heavy atom. The SMILES string of the molecule is O=C(NCCCN1CCCCC1)c1ccc(=O)[nH]c1. The van der Waals surface area contributed by atoms with Crippen LogP contribution in [-0.4, -0.2) is 42.0 Å². The Labute approximate surface area is 113 Å². The molecule has 0 bridgehead atoms. The predicted molar refractivity (Wildman–Crippen MR) is 74.3 cm³/mol. The Kier molecular flexibility index (Phi) is 5.15. The van der Waals surface area contributed by atoms with Crippen LogP contribution >= 0.6 is 0 Å². The van der Waals surface area contributed by atoms with Gasteiger partial charge in [-0.1, -0.05) is 6.42 Å². The van der Waals surface area contributed by atoms with Crippen molar-refractivity contribution < 1.29 is 4.79 Å². The normalized spacial score (nSPS) is 16.2. The molecule has 0 saturated carbocycles. The highest BCUT2D eigenvalue weighted by molar-refractivity contribution is 5.93. The zero-order valence-corrected chi connectivity index (χ0v) is 11.2. The Morgan fingerprint density at radius 3 is 2.74 bits per heavy atom. The van der Waals surface area contributed by atoms with Crippen molar-refractivity contribution in [3.05, 3.63) is 34.2 Å². The Hall–Kier alpha value is -1.62. The topological polar surface area (TPSA) is 65.2 Å². The van der Waals surface area contributed by atoms with Gasteiger partial charge in [-0.25, -0.2) is 0 Å². The molecule has 2 N–H and O–H groups in total. The average Bonchev–Trinajstić information content (AvgIpc) is 2.45. The van der Waals surface area contributed by atoms with E-state index in [0.717, 1.165) is 13.0 Å². The fourth-order valence-corrected chi connectivity index (χ4v) is 2.34. The molecule has 1 aliphatic heterocycles. The van der Waals surface area contributed by atoms with Crippen molar-refractivity contribution >= 4 is 5.91 Å². The van der Waals surface area contributed by atoms with Crippen LogP contribution in [0.2, 0.25) is 0 Å². The van der Waals surface area contributed by atoms with Crippen LogP contribution in [0.3, 0.4) is 0 Å². The van der Waals surface area contributed by atoms with Gasteiger partial charge in [0.2, 0.25) is 5.56 Å². The number of pyridine rings is 1. The molecule has 5 nitrogen and oxygen atoms in total. The number of hydrogen-bond acceptors (Lipinski definition) is 3. The molecule has 1 fully saturated rings. The number of aromatic amines is 1. The second-order valence-corrected chi connectivity index (χ2v) is 4.95. The first-order chi connectivity index (χ1) is 9.25. The summed E-state index contributed by atoms with van der Waals surface area (Å²) in [7, 11) is 0. The minimum Gasteiger partial charge on any atom is -0.352 e. The third-order valence-electron chi connectivity index (χ3n) is 3.43. The van der Waals surface area contributed by atoms with Crippen LogP contribution in [0, 0.1) is 0 Å². The molecule has 1 saturated heterocycles. The zero-order valence-electron chi connectivity index (χ0n) is 11.2. The molecule has 1 aromatic heterocycles. The molecule has 2 heterocycles. The minimum atomic E-state index is -0.193. The van der Waals surface area contributed by atoms with Gasteiger partial charge < -0.3 is 15.2 Å². The predicted octanol–water partition coefficient (Wildman–Crippen LogP) is 0.981. The van der Waals surface area contributed by atoms with Crippen LogP contribution in [0.25, 0.3) is 0 Å². The van der Waals surface area contributed by atoms with Gasteiger partial charge in [0.05, 0.1) is 5.56 Å². The number of piperidine rings is 1. The molecular weight excluding hydrogens is 242 g/mol. The third-order valence-corrected chi connectivity index (χ3v) is 3.43. The summed E-state index contributed by atoms with van der Waals surface area (Å²) in [5, 5.41) is 2.87. The van der Waals surface area contributed by atoms with E-state index >= 15 is 0 Å². The van der Waals surface area contributed by atoms with E-state index in [4.69, 9.17) is 0 Å². The van der Waals surface area contributed by atoms with Gasteiger partial charge in [0.15, 0.2) is 0 Å². The summed E-state index contributed by atoms with van der Waals surface area (Å²) in [6.45, 7) is 4.10. The highest BCUT2D eigenvalue weighted by Gasteiger charge is 2.09. The standard InChI is InChI=1S/C14H21N3O2/c18-13-6-5-12(11-16-13)14(19)15-7-4-10-17-8-2-1-3-9-17/h5-6,11H,1-4,7-10H2,(H,15,19)(H,16,18). The summed E-state index contributed by atoms with van der Waals surface area (Å²) < 4.78 is 0. The number of hydrogen-bond donors (Lipinski definition) is 2. The molecule has 1 amide bonds. The molecule has 1 aliphatic rings. The van der Waals surface area contributed by atoms with Crippen LogP contribution < -0.4 is 10.9 Å². The van der Waals surface area contributed by atoms with Gasteiger partial charge in [-0.3, -0.25) is 9.59 Å². The summed E-state index contributed by atoms with van der Waals surface area (Å²) in [6, 6.07) is 2.90. The van der Waals surface area contributed by atoms with E-state index in [1.54, 1.807) is 6.07 Å². The molecule has 19 heavy (non-hydrogen) atoms. The Balaban J connectivity index is 1.66. The number of H-pyrrole nitrogens is 1. The van der Waals surface area contributed by atoms with Crippen LogP contribution in [-0.2, 0) is 0 Å². The van der Waals surface area contributed by atoms with E-state index in [9.17, 15) is 9.59 Å². The van der Waals surface area contributed by atoms with Crippen molar-refractivity contribution in [1.82, 2.24) is 15.2 Å². The first kappa shape index (κ1) is 13.8. The lowest BCUT2D eigenvalue weighted by Gasteiger charge is -2.26. The number of nitrogens with zero attached hydrogens (tertiary/aromatic N) is 1. The highest BCUT2D eigenvalue weighted by atomic mass is 16.1. The molecule has 2 rings (SSSR count). The van der Waals surface area contributed by atoms with Gasteiger partial charge in [-0.2, -0.15) is 0 Å². The number of amides is 1. The second kappa shape index (κ2) is 7.09. The molecule has 1 aromatic rings. The van der Waals surface area contributed by atoms with Crippen LogP contribution in [0.4, 0.5) is 0 Å². The molecule has 0 aromatic carbocycles. The zero-order chi connectivity index (χ0) is 13.5. The lowest BCUT2D eigenvalue weighted by Crippen LogP contribution is -2.33. The van der Waals surface area contributed by atoms with Gasteiger partial charge in [0.1, 0.15) is 0 Å². The summed E-state index contributed by atoms with van der Waals surface area (Å²) in [4.78, 5) is 27.6. The molecule has 0 unspecified atom stereocenters. The van der Waals surface area contributed by atoms with Crippen LogP contribution in [0.15, 0.2) is 23.1 Å². The van der Waals surface area contributed by atoms with E-state index < -0.39 is 0 Å². The van der Waals surface area contributed by atoms with Gasteiger partial charge in [0.25, 0.3) is 5.91 Å². The van der Waals surface area contributed by atoms with E-state index in [2.05, 4.69) is 15.2 Å². The van der Waals surface area contributed by atoms with Gasteiger partial charge in [0, 0.05) is 18.8 Å². The number of nitrogens with one attached hydrogen (secondary N) is 2. The summed E-state index contributed by atoms with van der Waals surface area (Å²) >= 11 is 0. The van der Waals surface area contributed by atoms with E-state index in [1.165, 1.54) is 44.6 Å². The van der Waals surface area contributed by atoms with Crippen molar-refractivity contribution in [3.8, 4) is 0 Å². The largest absolute Gasteiger partial charge is 0.352 e. The number of aromatic nitrogens is 1. The van der Waals surface area contributed by atoms with Crippen molar-refractivity contribution in [2.24, 2.45) is 0 Å². The summed E-state index contributed by atoms with van der Waals surface area (Å²) in [6.07, 6.45) is 6.35. The summed E-state index contributed by atoms with van der Waals surface area (Å²) in [5.74, 6) is -0.130. The van der Waals surface area contributed by atoms with Crippen LogP contribution in [0.1, 0.15) is 36.0 Å². The van der Waals surface area contributed by atoms with E-state index in [1.807, 2.05) is 0 Å². The van der Waals surface area contributed by atoms with Crippen molar-refractivity contribution in [3.63, 3.8) is 0 Å². The highest BCUT2D eigenvalue weighted by Crippen LogP contribution is 2.08. The maximum Gasteiger partial charge on any atom is 0.252 e. The molecule has 0 spiro atoms. The van der Waals surface area contributed by atoms with Gasteiger partial charge in [-0.05, 0) is 45.0 Å². The van der Waals surface area contributed by atoms with Crippen LogP contribution in [0.5, 0.6) is 0 Å². The lowest BCUT2D eigenvalue weighted by molar-refractivity contribution is 0.0950. The smallest absolute Gasteiger partial charge is 0.252 e. The number of likely N-dealkylation sites (tertiary alicyclic amines) is 1. The second-order valence-electron chi connectivity index (χ2n) is 4.95. The first-order valence-corrected chi connectivity index (χ1v) is 6.95. The fourth-order valence-electron chi connectivity index (χ4n) is 2.34. The van der Waals surface area contributed by atoms with Gasteiger partial charge in [-0.15, -0.1) is 0 Å². The first-order valence-electron chi connectivity index (χ1n) is 6.95. The number of rotatable bonds is 5. The molecule has 0 radical (unpaired) electrons. The molecule has 5 heteroatoms. The number of carbonyl (C=O) groups is 1. The summed E-state index contributed by atoms with van der Waals surface area (Å²) in [5.41, 5.74) is 0.305. The van der Waals surface area contributed by atoms with Crippen molar-refractivity contribution in [2.45, 2.75) is 25.7 Å². The van der Waals surface area contributed by atoms with Crippen molar-refractivity contribution in [1.29, 1.82) is 0 Å². The monoisotopic (exact) mass is 263 g/mol. The molecular formula is C14H21N3O2. The fraction of sp³-hybridized carbons (Fsp3) is 0.571. The quantitative estimate of drug-likeness (QED) is 0.778. The Morgan fingerprint density at radius 1 is 1.26 bits per heavy atom. The third kappa shape index (κ3) is 4.52.